The van der Waals surface area contributed by atoms with Crippen LogP contribution in [0.25, 0.3) is 0 Å². The van der Waals surface area contributed by atoms with Gasteiger partial charge in [-0.05, 0) is 24.7 Å². The van der Waals surface area contributed by atoms with Crippen molar-refractivity contribution in [2.24, 2.45) is 17.8 Å². The molecule has 0 radical (unpaired) electrons. The number of carboxylic acids is 1. The van der Waals surface area contributed by atoms with E-state index in [4.69, 9.17) is 0 Å². The Balaban J connectivity index is 5.16. The number of aliphatic carboxylic acids is 1. The topological polar surface area (TPSA) is 37.3 Å². The minimum absolute atomic E-state index is 0.125. The predicted molar refractivity (Wildman–Crippen MR) is 189 cm³/mol. The van der Waals surface area contributed by atoms with Crippen molar-refractivity contribution in [2.75, 3.05) is 0 Å². The second kappa shape index (κ2) is 33.4. The summed E-state index contributed by atoms with van der Waals surface area (Å²) in [4.78, 5) is 12.8. The first-order valence-electron chi connectivity index (χ1n) is 19.8. The van der Waals surface area contributed by atoms with Crippen LogP contribution in [-0.2, 0) is 4.79 Å². The summed E-state index contributed by atoms with van der Waals surface area (Å²) in [6.45, 7) is 9.16. The highest BCUT2D eigenvalue weighted by Crippen LogP contribution is 2.37. The molecule has 2 nitrogen and oxygen atoms in total. The molecule has 0 spiro atoms. The van der Waals surface area contributed by atoms with Gasteiger partial charge in [-0.1, -0.05) is 220 Å². The van der Waals surface area contributed by atoms with E-state index in [-0.39, 0.29) is 5.92 Å². The zero-order chi connectivity index (χ0) is 30.9. The maximum absolute atomic E-state index is 12.8. The van der Waals surface area contributed by atoms with Crippen LogP contribution in [0.3, 0.4) is 0 Å². The Morgan fingerprint density at radius 3 is 0.952 bits per heavy atom. The third-order valence-corrected chi connectivity index (χ3v) is 10.1. The number of rotatable bonds is 35. The van der Waals surface area contributed by atoms with Crippen molar-refractivity contribution in [3.63, 3.8) is 0 Å². The van der Waals surface area contributed by atoms with Crippen molar-refractivity contribution >= 4 is 5.97 Å². The smallest absolute Gasteiger partial charge is 0.306 e. The van der Waals surface area contributed by atoms with Gasteiger partial charge in [-0.15, -0.1) is 0 Å². The van der Waals surface area contributed by atoms with E-state index < -0.39 is 5.97 Å². The van der Waals surface area contributed by atoms with E-state index in [1.165, 1.54) is 186 Å². The number of carbonyl (C=O) groups is 1. The molecule has 0 fully saturated rings. The van der Waals surface area contributed by atoms with Gasteiger partial charge >= 0.3 is 5.97 Å². The molecule has 0 amide bonds. The van der Waals surface area contributed by atoms with Crippen molar-refractivity contribution in [3.8, 4) is 0 Å². The minimum atomic E-state index is -0.489. The van der Waals surface area contributed by atoms with Gasteiger partial charge in [0.2, 0.25) is 0 Å². The highest BCUT2D eigenvalue weighted by atomic mass is 16.4. The second-order valence-corrected chi connectivity index (χ2v) is 14.0. The lowest BCUT2D eigenvalue weighted by atomic mass is 9.72. The molecule has 1 N–H and O–H groups in total. The number of carboxylic acid groups (broad SMARTS) is 1. The van der Waals surface area contributed by atoms with Crippen molar-refractivity contribution in [2.45, 2.75) is 233 Å². The van der Waals surface area contributed by atoms with Gasteiger partial charge in [-0.3, -0.25) is 4.79 Å². The average Bonchev–Trinajstić information content (AvgIpc) is 2.98. The molecule has 3 atom stereocenters. The van der Waals surface area contributed by atoms with Crippen molar-refractivity contribution in [3.05, 3.63) is 0 Å². The molecule has 0 aliphatic heterocycles. The van der Waals surface area contributed by atoms with Gasteiger partial charge < -0.3 is 5.11 Å². The average molecular weight is 593 g/mol. The third-order valence-electron chi connectivity index (χ3n) is 10.1. The van der Waals surface area contributed by atoms with Crippen molar-refractivity contribution < 1.29 is 9.90 Å². The van der Waals surface area contributed by atoms with E-state index in [1.807, 2.05) is 0 Å². The lowest BCUT2D eigenvalue weighted by Crippen LogP contribution is -2.30. The van der Waals surface area contributed by atoms with Gasteiger partial charge in [0, 0.05) is 0 Å². The van der Waals surface area contributed by atoms with Gasteiger partial charge in [0.25, 0.3) is 0 Å². The molecule has 0 saturated carbocycles. The van der Waals surface area contributed by atoms with Gasteiger partial charge in [0.15, 0.2) is 0 Å². The van der Waals surface area contributed by atoms with Gasteiger partial charge in [0.05, 0.1) is 5.92 Å². The van der Waals surface area contributed by atoms with Crippen LogP contribution in [0.2, 0.25) is 0 Å². The van der Waals surface area contributed by atoms with E-state index in [2.05, 4.69) is 27.7 Å². The van der Waals surface area contributed by atoms with Crippen LogP contribution in [0.5, 0.6) is 0 Å². The molecule has 2 heteroatoms. The largest absolute Gasteiger partial charge is 0.481 e. The molecule has 0 aliphatic rings. The molecule has 3 unspecified atom stereocenters. The summed E-state index contributed by atoms with van der Waals surface area (Å²) in [5, 5.41) is 10.5. The SMILES string of the molecule is CCCCCCCCCCCC(CCCCCCCC)C(CCCCCCC)C(CCCCCCCCCC)C(=O)O. The van der Waals surface area contributed by atoms with E-state index in [0.29, 0.717) is 11.8 Å². The van der Waals surface area contributed by atoms with Gasteiger partial charge in [-0.2, -0.15) is 0 Å². The molecule has 0 aromatic rings. The first kappa shape index (κ1) is 41.5. The van der Waals surface area contributed by atoms with Crippen LogP contribution in [0.1, 0.15) is 233 Å². The summed E-state index contributed by atoms with van der Waals surface area (Å²) >= 11 is 0. The minimum Gasteiger partial charge on any atom is -0.481 e. The van der Waals surface area contributed by atoms with Crippen LogP contribution in [-0.4, -0.2) is 11.1 Å². The van der Waals surface area contributed by atoms with Gasteiger partial charge in [0.1, 0.15) is 0 Å². The zero-order valence-corrected chi connectivity index (χ0v) is 29.7. The maximum Gasteiger partial charge on any atom is 0.306 e. The number of hydrogen-bond acceptors (Lipinski definition) is 1. The van der Waals surface area contributed by atoms with E-state index in [0.717, 1.165) is 19.3 Å². The molecule has 252 valence electrons. The Hall–Kier alpha value is -0.530. The molecule has 0 heterocycles. The summed E-state index contributed by atoms with van der Waals surface area (Å²) in [6, 6.07) is 0. The number of unbranched alkanes of at least 4 members (excludes halogenated alkanes) is 24. The lowest BCUT2D eigenvalue weighted by molar-refractivity contribution is -0.145. The van der Waals surface area contributed by atoms with Crippen molar-refractivity contribution in [1.29, 1.82) is 0 Å². The monoisotopic (exact) mass is 593 g/mol. The summed E-state index contributed by atoms with van der Waals surface area (Å²) in [6.07, 6.45) is 41.8. The Bertz CT molecular complexity index is 530. The Morgan fingerprint density at radius 1 is 0.381 bits per heavy atom. The Morgan fingerprint density at radius 2 is 0.643 bits per heavy atom. The fraction of sp³-hybridized carbons (Fsp3) is 0.975. The van der Waals surface area contributed by atoms with E-state index in [1.54, 1.807) is 0 Å². The molecule has 0 aliphatic carbocycles. The summed E-state index contributed by atoms with van der Waals surface area (Å²) in [5.41, 5.74) is 0. The van der Waals surface area contributed by atoms with Crippen LogP contribution in [0.4, 0.5) is 0 Å². The van der Waals surface area contributed by atoms with Gasteiger partial charge in [-0.25, -0.2) is 0 Å². The molecular weight excluding hydrogens is 512 g/mol. The Labute approximate surface area is 266 Å². The maximum atomic E-state index is 12.8. The van der Waals surface area contributed by atoms with E-state index >= 15 is 0 Å². The normalized spacial score (nSPS) is 13.8. The number of hydrogen-bond donors (Lipinski definition) is 1. The highest BCUT2D eigenvalue weighted by molar-refractivity contribution is 5.70. The quantitative estimate of drug-likeness (QED) is 0.0743. The fourth-order valence-corrected chi connectivity index (χ4v) is 7.24. The van der Waals surface area contributed by atoms with Crippen LogP contribution >= 0.6 is 0 Å². The standard InChI is InChI=1S/C40H80O2/c1-5-9-13-17-20-22-23-27-30-34-37(33-29-26-19-15-11-7-3)38(35-31-25-16-12-8-4)39(40(41)42)36-32-28-24-21-18-14-10-6-2/h37-39H,5-36H2,1-4H3,(H,41,42). The lowest BCUT2D eigenvalue weighted by Gasteiger charge is -2.33. The van der Waals surface area contributed by atoms with Crippen molar-refractivity contribution in [1.82, 2.24) is 0 Å². The molecule has 0 aromatic carbocycles. The van der Waals surface area contributed by atoms with E-state index in [9.17, 15) is 9.90 Å². The Kier molecular flexibility index (Phi) is 32.9. The highest BCUT2D eigenvalue weighted by Gasteiger charge is 2.33. The van der Waals surface area contributed by atoms with Crippen LogP contribution in [0, 0.1) is 17.8 Å². The fourth-order valence-electron chi connectivity index (χ4n) is 7.24. The van der Waals surface area contributed by atoms with Crippen LogP contribution in [0.15, 0.2) is 0 Å². The first-order chi connectivity index (χ1) is 20.6. The predicted octanol–water partition coefficient (Wildman–Crippen LogP) is 14.5. The van der Waals surface area contributed by atoms with Crippen LogP contribution < -0.4 is 0 Å². The first-order valence-corrected chi connectivity index (χ1v) is 19.8. The second-order valence-electron chi connectivity index (χ2n) is 14.0. The zero-order valence-electron chi connectivity index (χ0n) is 29.7. The molecule has 0 saturated heterocycles. The third kappa shape index (κ3) is 25.9. The summed E-state index contributed by atoms with van der Waals surface area (Å²) in [5.74, 6) is 0.386. The molecular formula is C40H80O2. The molecule has 0 bridgehead atoms. The summed E-state index contributed by atoms with van der Waals surface area (Å²) in [7, 11) is 0. The summed E-state index contributed by atoms with van der Waals surface area (Å²) < 4.78 is 0. The molecule has 42 heavy (non-hydrogen) atoms. The molecule has 0 aromatic heterocycles. The molecule has 0 rings (SSSR count).